The molecule has 1 saturated heterocycles. The van der Waals surface area contributed by atoms with Crippen LogP contribution in [0, 0.1) is 5.41 Å². The topological polar surface area (TPSA) is 82.3 Å². The summed E-state index contributed by atoms with van der Waals surface area (Å²) < 4.78 is 0. The highest BCUT2D eigenvalue weighted by molar-refractivity contribution is 5.95. The van der Waals surface area contributed by atoms with E-state index < -0.39 is 0 Å². The summed E-state index contributed by atoms with van der Waals surface area (Å²) in [5, 5.41) is 11.9. The van der Waals surface area contributed by atoms with E-state index in [0.29, 0.717) is 17.8 Å². The van der Waals surface area contributed by atoms with Gasteiger partial charge in [-0.15, -0.1) is 12.4 Å². The van der Waals surface area contributed by atoms with Gasteiger partial charge in [-0.3, -0.25) is 4.79 Å². The first-order chi connectivity index (χ1) is 11.4. The number of rotatable bonds is 5. The summed E-state index contributed by atoms with van der Waals surface area (Å²) in [6, 6.07) is 6.76. The Bertz CT molecular complexity index is 569. The first-order valence-electron chi connectivity index (χ1n) is 8.54. The molecule has 140 valence electrons. The lowest BCUT2D eigenvalue weighted by atomic mass is 9.81. The van der Waals surface area contributed by atoms with Crippen molar-refractivity contribution in [2.45, 2.75) is 39.7 Å². The molecule has 0 aliphatic carbocycles. The number of hydrogen-bond acceptors (Lipinski definition) is 3. The Morgan fingerprint density at radius 1 is 1.16 bits per heavy atom. The first kappa shape index (κ1) is 21.3. The van der Waals surface area contributed by atoms with Crippen molar-refractivity contribution >= 4 is 30.0 Å². The Kier molecular flexibility index (Phi) is 8.19. The molecule has 7 heteroatoms. The minimum atomic E-state index is -0.249. The standard InChI is InChI=1S/C18H28N4O2.ClH/c1-13(2)21-17(24)22-15-6-4-14(5-7-15)16(23)20-12-18(3)8-10-19-11-9-18;/h4-7,13,19H,8-12H2,1-3H3,(H,20,23)(H2,21,22,24);1H. The molecular formula is C18H29ClN4O2. The maximum Gasteiger partial charge on any atom is 0.319 e. The Labute approximate surface area is 155 Å². The molecule has 1 aliphatic rings. The van der Waals surface area contributed by atoms with Crippen molar-refractivity contribution in [2.24, 2.45) is 5.41 Å². The zero-order chi connectivity index (χ0) is 17.6. The average Bonchev–Trinajstić information content (AvgIpc) is 2.53. The van der Waals surface area contributed by atoms with Crippen LogP contribution in [0.5, 0.6) is 0 Å². The molecule has 0 spiro atoms. The van der Waals surface area contributed by atoms with Crippen molar-refractivity contribution in [1.82, 2.24) is 16.0 Å². The number of carbonyl (C=O) groups is 2. The molecule has 0 bridgehead atoms. The van der Waals surface area contributed by atoms with Gasteiger partial charge in [-0.05, 0) is 69.5 Å². The number of carbonyl (C=O) groups excluding carboxylic acids is 2. The predicted octanol–water partition coefficient (Wildman–Crippen LogP) is 2.76. The van der Waals surface area contributed by atoms with Crippen molar-refractivity contribution in [3.05, 3.63) is 29.8 Å². The fourth-order valence-electron chi connectivity index (χ4n) is 2.74. The third-order valence-electron chi connectivity index (χ3n) is 4.31. The number of nitrogens with one attached hydrogen (secondary N) is 4. The first-order valence-corrected chi connectivity index (χ1v) is 8.54. The number of halogens is 1. The highest BCUT2D eigenvalue weighted by atomic mass is 35.5. The number of anilines is 1. The lowest BCUT2D eigenvalue weighted by molar-refractivity contribution is 0.0922. The summed E-state index contributed by atoms with van der Waals surface area (Å²) in [7, 11) is 0. The molecule has 1 heterocycles. The van der Waals surface area contributed by atoms with Crippen molar-refractivity contribution < 1.29 is 9.59 Å². The van der Waals surface area contributed by atoms with Crippen molar-refractivity contribution in [3.8, 4) is 0 Å². The fraction of sp³-hybridized carbons (Fsp3) is 0.556. The van der Waals surface area contributed by atoms with Gasteiger partial charge in [0.2, 0.25) is 0 Å². The van der Waals surface area contributed by atoms with Gasteiger partial charge >= 0.3 is 6.03 Å². The summed E-state index contributed by atoms with van der Waals surface area (Å²) in [6.45, 7) is 8.71. The quantitative estimate of drug-likeness (QED) is 0.645. The van der Waals surface area contributed by atoms with E-state index >= 15 is 0 Å². The van der Waals surface area contributed by atoms with E-state index in [1.54, 1.807) is 24.3 Å². The Morgan fingerprint density at radius 3 is 2.32 bits per heavy atom. The number of piperidine rings is 1. The summed E-state index contributed by atoms with van der Waals surface area (Å²) in [5.41, 5.74) is 1.43. The van der Waals surface area contributed by atoms with Crippen LogP contribution in [0.25, 0.3) is 0 Å². The molecule has 0 saturated carbocycles. The smallest absolute Gasteiger partial charge is 0.319 e. The van der Waals surface area contributed by atoms with Gasteiger partial charge in [0.1, 0.15) is 0 Å². The summed E-state index contributed by atoms with van der Waals surface area (Å²) in [5.74, 6) is -0.0760. The third-order valence-corrected chi connectivity index (χ3v) is 4.31. The molecule has 0 atom stereocenters. The molecule has 1 aliphatic heterocycles. The van der Waals surface area contributed by atoms with Gasteiger partial charge in [-0.25, -0.2) is 4.79 Å². The molecule has 25 heavy (non-hydrogen) atoms. The molecule has 1 aromatic carbocycles. The van der Waals surface area contributed by atoms with Crippen LogP contribution in [0.1, 0.15) is 44.0 Å². The fourth-order valence-corrected chi connectivity index (χ4v) is 2.74. The van der Waals surface area contributed by atoms with Crippen molar-refractivity contribution in [3.63, 3.8) is 0 Å². The van der Waals surface area contributed by atoms with Crippen LogP contribution >= 0.6 is 12.4 Å². The van der Waals surface area contributed by atoms with Crippen LogP contribution in [0.2, 0.25) is 0 Å². The lowest BCUT2D eigenvalue weighted by Gasteiger charge is -2.34. The highest BCUT2D eigenvalue weighted by Gasteiger charge is 2.27. The lowest BCUT2D eigenvalue weighted by Crippen LogP contribution is -2.42. The molecule has 6 nitrogen and oxygen atoms in total. The maximum absolute atomic E-state index is 12.3. The minimum absolute atomic E-state index is 0. The SMILES string of the molecule is CC(C)NC(=O)Nc1ccc(C(=O)NCC2(C)CCNCC2)cc1.Cl. The molecule has 3 amide bonds. The molecule has 0 unspecified atom stereocenters. The van der Waals surface area contributed by atoms with Crippen LogP contribution in [0.3, 0.4) is 0 Å². The summed E-state index contributed by atoms with van der Waals surface area (Å²) in [4.78, 5) is 23.9. The third kappa shape index (κ3) is 6.92. The van der Waals surface area contributed by atoms with Crippen LogP contribution in [-0.4, -0.2) is 37.6 Å². The van der Waals surface area contributed by atoms with Gasteiger partial charge in [0.05, 0.1) is 0 Å². The Balaban J connectivity index is 0.00000312. The number of amides is 3. The van der Waals surface area contributed by atoms with Gasteiger partial charge in [-0.2, -0.15) is 0 Å². The van der Waals surface area contributed by atoms with Crippen molar-refractivity contribution in [1.29, 1.82) is 0 Å². The molecule has 1 aromatic rings. The van der Waals surface area contributed by atoms with E-state index in [-0.39, 0.29) is 35.8 Å². The molecule has 0 radical (unpaired) electrons. The molecule has 4 N–H and O–H groups in total. The number of benzene rings is 1. The van der Waals surface area contributed by atoms with Gasteiger partial charge in [0.15, 0.2) is 0 Å². The second-order valence-corrected chi connectivity index (χ2v) is 7.07. The van der Waals surface area contributed by atoms with Gasteiger partial charge in [0.25, 0.3) is 5.91 Å². The van der Waals surface area contributed by atoms with Gasteiger partial charge in [0, 0.05) is 23.8 Å². The summed E-state index contributed by atoms with van der Waals surface area (Å²) in [6.07, 6.45) is 2.14. The van der Waals surface area contributed by atoms with E-state index in [4.69, 9.17) is 0 Å². The predicted molar refractivity (Wildman–Crippen MR) is 104 cm³/mol. The van der Waals surface area contributed by atoms with E-state index in [1.165, 1.54) is 0 Å². The van der Waals surface area contributed by atoms with Gasteiger partial charge in [-0.1, -0.05) is 6.92 Å². The second-order valence-electron chi connectivity index (χ2n) is 7.07. The van der Waals surface area contributed by atoms with Crippen LogP contribution in [0.15, 0.2) is 24.3 Å². The van der Waals surface area contributed by atoms with Crippen molar-refractivity contribution in [2.75, 3.05) is 25.0 Å². The van der Waals surface area contributed by atoms with Crippen LogP contribution in [-0.2, 0) is 0 Å². The van der Waals surface area contributed by atoms with E-state index in [2.05, 4.69) is 28.2 Å². The Hall–Kier alpha value is -1.79. The minimum Gasteiger partial charge on any atom is -0.351 e. The molecule has 2 rings (SSSR count). The maximum atomic E-state index is 12.3. The zero-order valence-electron chi connectivity index (χ0n) is 15.1. The highest BCUT2D eigenvalue weighted by Crippen LogP contribution is 2.26. The van der Waals surface area contributed by atoms with Crippen LogP contribution < -0.4 is 21.3 Å². The number of urea groups is 1. The van der Waals surface area contributed by atoms with Gasteiger partial charge < -0.3 is 21.3 Å². The van der Waals surface area contributed by atoms with E-state index in [1.807, 2.05) is 13.8 Å². The normalized spacial score (nSPS) is 15.8. The monoisotopic (exact) mass is 368 g/mol. The number of hydrogen-bond donors (Lipinski definition) is 4. The second kappa shape index (κ2) is 9.63. The average molecular weight is 369 g/mol. The van der Waals surface area contributed by atoms with Crippen LogP contribution in [0.4, 0.5) is 10.5 Å². The molecule has 0 aromatic heterocycles. The molecule has 1 fully saturated rings. The Morgan fingerprint density at radius 2 is 1.76 bits per heavy atom. The summed E-state index contributed by atoms with van der Waals surface area (Å²) >= 11 is 0. The molecular weight excluding hydrogens is 340 g/mol. The van der Waals surface area contributed by atoms with E-state index in [9.17, 15) is 9.59 Å². The zero-order valence-corrected chi connectivity index (χ0v) is 16.0. The largest absolute Gasteiger partial charge is 0.351 e. The van der Waals surface area contributed by atoms with E-state index in [0.717, 1.165) is 25.9 Å².